The third kappa shape index (κ3) is 4.47. The van der Waals surface area contributed by atoms with Crippen LogP contribution in [0, 0.1) is 4.64 Å². The lowest BCUT2D eigenvalue weighted by Gasteiger charge is -2.13. The number of methoxy groups -OCH3 is 1. The molecule has 0 atom stereocenters. The van der Waals surface area contributed by atoms with Crippen molar-refractivity contribution in [3.63, 3.8) is 0 Å². The van der Waals surface area contributed by atoms with E-state index in [4.69, 9.17) is 33.5 Å². The fraction of sp³-hybridized carbons (Fsp3) is 0.240. The van der Waals surface area contributed by atoms with Crippen molar-refractivity contribution < 1.29 is 9.53 Å². The molecule has 7 heteroatoms. The van der Waals surface area contributed by atoms with Gasteiger partial charge in [0.1, 0.15) is 21.1 Å². The number of imidazole rings is 1. The van der Waals surface area contributed by atoms with E-state index < -0.39 is 0 Å². The average molecular weight is 466 g/mol. The number of aryl methyl sites for hydroxylation is 1. The van der Waals surface area contributed by atoms with E-state index in [9.17, 15) is 4.79 Å². The lowest BCUT2D eigenvalue weighted by molar-refractivity contribution is 0.0601. The number of H-pyrrole nitrogens is 1. The standard InChI is InChI=1S/C25H24ClN3O2S/c1-3-4-10-22-27-20-14-21(26)28-24(32)23(20)29(22)15-16-11-12-18(17-8-6-5-7-9-17)19(13-16)25(30)31-2/h5-9,11-14H,3-4,10,15H2,1-2H3,(H,28,32). The highest BCUT2D eigenvalue weighted by Gasteiger charge is 2.17. The Morgan fingerprint density at radius 3 is 2.69 bits per heavy atom. The molecule has 164 valence electrons. The van der Waals surface area contributed by atoms with Crippen molar-refractivity contribution >= 4 is 40.8 Å². The molecule has 0 aliphatic heterocycles. The van der Waals surface area contributed by atoms with Crippen molar-refractivity contribution in [1.82, 2.24) is 14.5 Å². The fourth-order valence-electron chi connectivity index (χ4n) is 3.90. The summed E-state index contributed by atoms with van der Waals surface area (Å²) in [6.07, 6.45) is 2.92. The van der Waals surface area contributed by atoms with Gasteiger partial charge < -0.3 is 14.3 Å². The summed E-state index contributed by atoms with van der Waals surface area (Å²) in [5.41, 5.74) is 4.93. The van der Waals surface area contributed by atoms with Crippen LogP contribution in [0.25, 0.3) is 22.2 Å². The molecule has 0 saturated heterocycles. The van der Waals surface area contributed by atoms with E-state index in [0.717, 1.165) is 52.8 Å². The Labute approximate surface area is 197 Å². The molecule has 0 saturated carbocycles. The zero-order chi connectivity index (χ0) is 22.7. The van der Waals surface area contributed by atoms with Gasteiger partial charge in [-0.25, -0.2) is 9.78 Å². The minimum atomic E-state index is -0.364. The predicted molar refractivity (Wildman–Crippen MR) is 131 cm³/mol. The summed E-state index contributed by atoms with van der Waals surface area (Å²) in [7, 11) is 1.40. The summed E-state index contributed by atoms with van der Waals surface area (Å²) in [6.45, 7) is 2.69. The van der Waals surface area contributed by atoms with E-state index in [1.165, 1.54) is 7.11 Å². The number of carbonyl (C=O) groups is 1. The van der Waals surface area contributed by atoms with E-state index >= 15 is 0 Å². The summed E-state index contributed by atoms with van der Waals surface area (Å²) in [6, 6.07) is 17.5. The van der Waals surface area contributed by atoms with Gasteiger partial charge in [-0.05, 0) is 29.2 Å². The van der Waals surface area contributed by atoms with Crippen LogP contribution in [0.3, 0.4) is 0 Å². The van der Waals surface area contributed by atoms with Gasteiger partial charge in [0.15, 0.2) is 0 Å². The first kappa shape index (κ1) is 22.2. The van der Waals surface area contributed by atoms with Gasteiger partial charge in [0.2, 0.25) is 0 Å². The number of hydrogen-bond acceptors (Lipinski definition) is 4. The molecule has 0 aliphatic rings. The second-order valence-electron chi connectivity index (χ2n) is 7.64. The Bertz CT molecular complexity index is 1330. The SMILES string of the molecule is CCCCc1nc2cc(Cl)[nH]c(=S)c2n1Cc1ccc(-c2ccccc2)c(C(=O)OC)c1. The van der Waals surface area contributed by atoms with E-state index in [1.54, 1.807) is 6.07 Å². The topological polar surface area (TPSA) is 59.9 Å². The summed E-state index contributed by atoms with van der Waals surface area (Å²) >= 11 is 11.7. The minimum absolute atomic E-state index is 0.364. The number of aromatic amines is 1. The molecule has 0 unspecified atom stereocenters. The second kappa shape index (κ2) is 9.67. The molecule has 0 fully saturated rings. The summed E-state index contributed by atoms with van der Waals surface area (Å²) in [4.78, 5) is 20.4. The monoisotopic (exact) mass is 465 g/mol. The first-order valence-corrected chi connectivity index (χ1v) is 11.3. The summed E-state index contributed by atoms with van der Waals surface area (Å²) in [5.74, 6) is 0.590. The number of aromatic nitrogens is 3. The van der Waals surface area contributed by atoms with E-state index in [-0.39, 0.29) is 5.97 Å². The molecule has 0 amide bonds. The number of rotatable bonds is 7. The van der Waals surface area contributed by atoms with Crippen molar-refractivity contribution in [2.75, 3.05) is 7.11 Å². The first-order valence-electron chi connectivity index (χ1n) is 10.6. The Kier molecular flexibility index (Phi) is 6.72. The second-order valence-corrected chi connectivity index (χ2v) is 8.45. The van der Waals surface area contributed by atoms with Crippen LogP contribution in [0.15, 0.2) is 54.6 Å². The number of fused-ring (bicyclic) bond motifs is 1. The zero-order valence-electron chi connectivity index (χ0n) is 18.0. The van der Waals surface area contributed by atoms with Gasteiger partial charge in [-0.15, -0.1) is 0 Å². The molecule has 5 nitrogen and oxygen atoms in total. The van der Waals surface area contributed by atoms with Crippen LogP contribution in [-0.2, 0) is 17.7 Å². The van der Waals surface area contributed by atoms with Crippen LogP contribution in [0.4, 0.5) is 0 Å². The molecule has 4 aromatic rings. The largest absolute Gasteiger partial charge is 0.465 e. The van der Waals surface area contributed by atoms with Gasteiger partial charge in [0.25, 0.3) is 0 Å². The van der Waals surface area contributed by atoms with Crippen LogP contribution >= 0.6 is 23.8 Å². The first-order chi connectivity index (χ1) is 15.5. The van der Waals surface area contributed by atoms with Gasteiger partial charge in [-0.1, -0.05) is 79.6 Å². The third-order valence-corrected chi connectivity index (χ3v) is 5.95. The number of unbranched alkanes of at least 4 members (excludes halogenated alkanes) is 1. The fourth-order valence-corrected chi connectivity index (χ4v) is 4.48. The van der Waals surface area contributed by atoms with Crippen molar-refractivity contribution in [2.24, 2.45) is 0 Å². The van der Waals surface area contributed by atoms with Gasteiger partial charge in [-0.3, -0.25) is 0 Å². The summed E-state index contributed by atoms with van der Waals surface area (Å²) in [5, 5.41) is 0.467. The van der Waals surface area contributed by atoms with Crippen LogP contribution in [0.5, 0.6) is 0 Å². The predicted octanol–water partition coefficient (Wildman–Crippen LogP) is 6.59. The van der Waals surface area contributed by atoms with Crippen LogP contribution in [0.2, 0.25) is 5.15 Å². The Morgan fingerprint density at radius 1 is 1.19 bits per heavy atom. The van der Waals surface area contributed by atoms with Crippen molar-refractivity contribution in [1.29, 1.82) is 0 Å². The lowest BCUT2D eigenvalue weighted by Crippen LogP contribution is -2.09. The van der Waals surface area contributed by atoms with Gasteiger partial charge in [-0.2, -0.15) is 0 Å². The molecule has 2 aromatic carbocycles. The van der Waals surface area contributed by atoms with Crippen molar-refractivity contribution in [3.8, 4) is 11.1 Å². The average Bonchev–Trinajstić information content (AvgIpc) is 3.14. The number of carbonyl (C=O) groups excluding carboxylic acids is 1. The maximum Gasteiger partial charge on any atom is 0.338 e. The Morgan fingerprint density at radius 2 is 1.97 bits per heavy atom. The number of nitrogens with one attached hydrogen (secondary N) is 1. The number of benzene rings is 2. The zero-order valence-corrected chi connectivity index (χ0v) is 19.6. The molecule has 0 spiro atoms. The van der Waals surface area contributed by atoms with Crippen LogP contribution in [0.1, 0.15) is 41.5 Å². The molecule has 32 heavy (non-hydrogen) atoms. The molecule has 4 rings (SSSR count). The van der Waals surface area contributed by atoms with Crippen molar-refractivity contribution in [3.05, 3.63) is 81.3 Å². The number of halogens is 1. The number of esters is 1. The number of pyridine rings is 1. The quantitative estimate of drug-likeness (QED) is 0.190. The molecule has 0 aliphatic carbocycles. The smallest absolute Gasteiger partial charge is 0.338 e. The summed E-state index contributed by atoms with van der Waals surface area (Å²) < 4.78 is 7.75. The highest BCUT2D eigenvalue weighted by Crippen LogP contribution is 2.27. The Balaban J connectivity index is 1.82. The number of ether oxygens (including phenoxy) is 1. The molecule has 0 bridgehead atoms. The molecule has 1 N–H and O–H groups in total. The van der Waals surface area contributed by atoms with E-state index in [2.05, 4.69) is 16.5 Å². The molecular weight excluding hydrogens is 442 g/mol. The molecule has 2 heterocycles. The molecule has 2 aromatic heterocycles. The van der Waals surface area contributed by atoms with Gasteiger partial charge >= 0.3 is 5.97 Å². The van der Waals surface area contributed by atoms with Gasteiger partial charge in [0.05, 0.1) is 18.2 Å². The third-order valence-electron chi connectivity index (χ3n) is 5.45. The molecular formula is C25H24ClN3O2S. The highest BCUT2D eigenvalue weighted by molar-refractivity contribution is 7.71. The normalized spacial score (nSPS) is 11.1. The number of hydrogen-bond donors (Lipinski definition) is 1. The van der Waals surface area contributed by atoms with E-state index in [0.29, 0.717) is 21.9 Å². The van der Waals surface area contributed by atoms with Crippen molar-refractivity contribution in [2.45, 2.75) is 32.7 Å². The van der Waals surface area contributed by atoms with E-state index in [1.807, 2.05) is 48.5 Å². The minimum Gasteiger partial charge on any atom is -0.465 e. The van der Waals surface area contributed by atoms with Gasteiger partial charge in [0, 0.05) is 19.0 Å². The van der Waals surface area contributed by atoms with Crippen LogP contribution in [-0.4, -0.2) is 27.6 Å². The molecule has 0 radical (unpaired) electrons. The lowest BCUT2D eigenvalue weighted by atomic mass is 9.97. The van der Waals surface area contributed by atoms with Crippen LogP contribution < -0.4 is 0 Å². The maximum absolute atomic E-state index is 12.6. The highest BCUT2D eigenvalue weighted by atomic mass is 35.5. The number of nitrogens with zero attached hydrogens (tertiary/aromatic N) is 2. The maximum atomic E-state index is 12.6. The Hall–Kier alpha value is -2.96.